The van der Waals surface area contributed by atoms with Crippen LogP contribution in [0.3, 0.4) is 0 Å². The molecular weight excluding hydrogens is 292 g/mol. The van der Waals surface area contributed by atoms with Crippen LogP contribution in [-0.4, -0.2) is 37.1 Å². The molecule has 1 aliphatic heterocycles. The minimum atomic E-state index is -2.55. The molecule has 7 nitrogen and oxygen atoms in total. The number of carbonyl (C=O) groups excluding carboxylic acids is 1. The van der Waals surface area contributed by atoms with Crippen LogP contribution in [0.1, 0.15) is 5.56 Å². The minimum absolute atomic E-state index is 0.0494. The molecule has 7 heteroatoms. The van der Waals surface area contributed by atoms with E-state index in [1.54, 1.807) is 0 Å². The summed E-state index contributed by atoms with van der Waals surface area (Å²) in [6.07, 6.45) is 2.92. The third-order valence-electron chi connectivity index (χ3n) is 3.41. The molecule has 1 heterocycles. The van der Waals surface area contributed by atoms with Crippen LogP contribution in [-0.2, 0) is 9.53 Å². The highest BCUT2D eigenvalue weighted by Gasteiger charge is 2.46. The van der Waals surface area contributed by atoms with Gasteiger partial charge in [-0.05, 0) is 18.2 Å². The average molecular weight is 304 g/mol. The van der Waals surface area contributed by atoms with Gasteiger partial charge in [0.05, 0.1) is 0 Å². The molecule has 3 rings (SSSR count). The van der Waals surface area contributed by atoms with Crippen molar-refractivity contribution in [3.05, 3.63) is 53.5 Å². The number of phenolic OH excluding ortho intramolecular Hbond substituents is 2. The lowest BCUT2D eigenvalue weighted by molar-refractivity contribution is -0.169. The molecule has 1 aromatic rings. The van der Waals surface area contributed by atoms with Gasteiger partial charge in [-0.25, -0.2) is 0 Å². The number of fused-ring (bicyclic) bond motifs is 1. The first-order valence-electron chi connectivity index (χ1n) is 6.32. The molecule has 5 N–H and O–H groups in total. The number of aliphatic hydroxyl groups excluding tert-OH is 1. The number of hydrogen-bond donors (Lipinski definition) is 5. The highest BCUT2D eigenvalue weighted by molar-refractivity contribution is 6.01. The number of phenols is 2. The molecule has 1 aliphatic carbocycles. The van der Waals surface area contributed by atoms with E-state index < -0.39 is 29.0 Å². The molecule has 0 fully saturated rings. The van der Waals surface area contributed by atoms with Gasteiger partial charge in [-0.15, -0.1) is 0 Å². The van der Waals surface area contributed by atoms with Crippen LogP contribution in [0.2, 0.25) is 0 Å². The zero-order chi connectivity index (χ0) is 16.1. The third-order valence-corrected chi connectivity index (χ3v) is 3.41. The number of allylic oxidation sites excluding steroid dienone is 2. The number of carbonyl (C=O) groups is 1. The summed E-state index contributed by atoms with van der Waals surface area (Å²) in [7, 11) is 0. The Morgan fingerprint density at radius 2 is 1.77 bits per heavy atom. The van der Waals surface area contributed by atoms with Gasteiger partial charge in [0.15, 0.2) is 17.3 Å². The number of hydrogen-bond acceptors (Lipinski definition) is 7. The number of aliphatic hydroxyl groups is 3. The summed E-state index contributed by atoms with van der Waals surface area (Å²) in [5, 5.41) is 47.9. The van der Waals surface area contributed by atoms with Crippen LogP contribution < -0.4 is 0 Å². The van der Waals surface area contributed by atoms with Gasteiger partial charge in [0, 0.05) is 23.8 Å². The van der Waals surface area contributed by atoms with Gasteiger partial charge in [0.1, 0.15) is 23.2 Å². The molecule has 0 aromatic heterocycles. The number of aromatic hydroxyl groups is 2. The van der Waals surface area contributed by atoms with E-state index in [2.05, 4.69) is 0 Å². The molecule has 22 heavy (non-hydrogen) atoms. The zero-order valence-electron chi connectivity index (χ0n) is 11.1. The van der Waals surface area contributed by atoms with Crippen molar-refractivity contribution in [2.24, 2.45) is 5.92 Å². The Kier molecular flexibility index (Phi) is 2.98. The molecule has 0 saturated heterocycles. The largest absolute Gasteiger partial charge is 0.508 e. The van der Waals surface area contributed by atoms with E-state index in [0.717, 1.165) is 18.2 Å². The van der Waals surface area contributed by atoms with E-state index in [1.165, 1.54) is 18.2 Å². The van der Waals surface area contributed by atoms with E-state index in [4.69, 9.17) is 4.74 Å². The van der Waals surface area contributed by atoms with Crippen LogP contribution in [0.15, 0.2) is 47.9 Å². The smallest absolute Gasteiger partial charge is 0.204 e. The van der Waals surface area contributed by atoms with E-state index in [1.807, 2.05) is 0 Å². The van der Waals surface area contributed by atoms with Crippen LogP contribution in [0.5, 0.6) is 11.5 Å². The van der Waals surface area contributed by atoms with Gasteiger partial charge in [-0.3, -0.25) is 4.79 Å². The highest BCUT2D eigenvalue weighted by atomic mass is 16.5. The fourth-order valence-electron chi connectivity index (χ4n) is 2.41. The first kappa shape index (κ1) is 14.2. The van der Waals surface area contributed by atoms with Crippen molar-refractivity contribution < 1.29 is 35.1 Å². The monoisotopic (exact) mass is 304 g/mol. The second-order valence-corrected chi connectivity index (χ2v) is 5.05. The molecule has 0 saturated carbocycles. The number of ketones is 1. The summed E-state index contributed by atoms with van der Waals surface area (Å²) in [4.78, 5) is 12.1. The summed E-state index contributed by atoms with van der Waals surface area (Å²) in [6.45, 7) is 0. The van der Waals surface area contributed by atoms with Crippen LogP contribution in [0, 0.1) is 5.92 Å². The predicted molar refractivity (Wildman–Crippen MR) is 73.3 cm³/mol. The third kappa shape index (κ3) is 2.22. The highest BCUT2D eigenvalue weighted by Crippen LogP contribution is 2.39. The Hall–Kier alpha value is -2.77. The Morgan fingerprint density at radius 3 is 2.45 bits per heavy atom. The van der Waals surface area contributed by atoms with Crippen molar-refractivity contribution in [1.29, 1.82) is 0 Å². The summed E-state index contributed by atoms with van der Waals surface area (Å²) in [6, 6.07) is 3.83. The molecule has 0 spiro atoms. The number of benzene rings is 1. The standard InChI is InChI=1S/C15H12O7/c16-8-4-13-14(15(20,21)6-8)11(19)5-12(22-13)7-1-2-9(17)10(18)3-7/h1-6,14,16-18,20-21H. The van der Waals surface area contributed by atoms with Crippen molar-refractivity contribution >= 4 is 11.5 Å². The Labute approximate surface area is 124 Å². The summed E-state index contributed by atoms with van der Waals surface area (Å²) in [5.74, 6) is -5.80. The van der Waals surface area contributed by atoms with E-state index in [-0.39, 0.29) is 17.3 Å². The normalized spacial score (nSPS) is 22.9. The molecule has 0 amide bonds. The Bertz CT molecular complexity index is 755. The minimum Gasteiger partial charge on any atom is -0.508 e. The van der Waals surface area contributed by atoms with Gasteiger partial charge in [-0.2, -0.15) is 0 Å². The second-order valence-electron chi connectivity index (χ2n) is 5.05. The lowest BCUT2D eigenvalue weighted by Gasteiger charge is -2.34. The molecular formula is C15H12O7. The summed E-state index contributed by atoms with van der Waals surface area (Å²) < 4.78 is 5.44. The van der Waals surface area contributed by atoms with E-state index in [9.17, 15) is 30.3 Å². The maximum Gasteiger partial charge on any atom is 0.204 e. The SMILES string of the molecule is O=C1C=C(c2ccc(O)c(O)c2)OC2=CC(O)=CC(O)(O)C12. The average Bonchev–Trinajstić information content (AvgIpc) is 2.39. The fraction of sp³-hybridized carbons (Fsp3) is 0.133. The predicted octanol–water partition coefficient (Wildman–Crippen LogP) is 0.674. The van der Waals surface area contributed by atoms with Crippen molar-refractivity contribution in [3.63, 3.8) is 0 Å². The molecule has 1 atom stereocenters. The maximum atomic E-state index is 12.1. The lowest BCUT2D eigenvalue weighted by atomic mass is 9.85. The molecule has 114 valence electrons. The van der Waals surface area contributed by atoms with Gasteiger partial charge in [0.2, 0.25) is 5.79 Å². The van der Waals surface area contributed by atoms with Gasteiger partial charge in [0.25, 0.3) is 0 Å². The second kappa shape index (κ2) is 4.62. The molecule has 1 aromatic carbocycles. The van der Waals surface area contributed by atoms with Gasteiger partial charge in [-0.1, -0.05) is 0 Å². The van der Waals surface area contributed by atoms with Gasteiger partial charge >= 0.3 is 0 Å². The van der Waals surface area contributed by atoms with Crippen molar-refractivity contribution in [3.8, 4) is 11.5 Å². The molecule has 0 radical (unpaired) electrons. The topological polar surface area (TPSA) is 127 Å². The zero-order valence-corrected chi connectivity index (χ0v) is 11.1. The van der Waals surface area contributed by atoms with Crippen molar-refractivity contribution in [2.45, 2.75) is 5.79 Å². The molecule has 2 aliphatic rings. The van der Waals surface area contributed by atoms with E-state index >= 15 is 0 Å². The first-order chi connectivity index (χ1) is 10.3. The van der Waals surface area contributed by atoms with Crippen LogP contribution in [0.4, 0.5) is 0 Å². The maximum absolute atomic E-state index is 12.1. The molecule has 0 bridgehead atoms. The van der Waals surface area contributed by atoms with Crippen LogP contribution in [0.25, 0.3) is 5.76 Å². The number of ether oxygens (including phenoxy) is 1. The lowest BCUT2D eigenvalue weighted by Crippen LogP contribution is -2.45. The summed E-state index contributed by atoms with van der Waals surface area (Å²) in [5.41, 5.74) is 0.304. The van der Waals surface area contributed by atoms with Crippen molar-refractivity contribution in [2.75, 3.05) is 0 Å². The van der Waals surface area contributed by atoms with Crippen molar-refractivity contribution in [1.82, 2.24) is 0 Å². The van der Waals surface area contributed by atoms with Crippen LogP contribution >= 0.6 is 0 Å². The van der Waals surface area contributed by atoms with E-state index in [0.29, 0.717) is 5.56 Å². The Morgan fingerprint density at radius 1 is 1.05 bits per heavy atom. The number of rotatable bonds is 1. The summed E-state index contributed by atoms with van der Waals surface area (Å²) >= 11 is 0. The van der Waals surface area contributed by atoms with Gasteiger partial charge < -0.3 is 30.3 Å². The fourth-order valence-corrected chi connectivity index (χ4v) is 2.41. The molecule has 1 unspecified atom stereocenters. The first-order valence-corrected chi connectivity index (χ1v) is 6.32. The Balaban J connectivity index is 2.04. The quantitative estimate of drug-likeness (QED) is 0.381.